The highest BCUT2D eigenvalue weighted by atomic mass is 127. The number of carbonyl (C=O) groups excluding carboxylic acids is 1. The van der Waals surface area contributed by atoms with Crippen LogP contribution < -0.4 is 24.0 Å². The van der Waals surface area contributed by atoms with E-state index in [1.807, 2.05) is 6.07 Å². The second-order valence-corrected chi connectivity index (χ2v) is 8.54. The number of carbonyl (C=O) groups is 1. The minimum absolute atomic E-state index is 0. The Labute approximate surface area is 168 Å². The van der Waals surface area contributed by atoms with E-state index in [2.05, 4.69) is 31.3 Å². The first kappa shape index (κ1) is 19.2. The maximum Gasteiger partial charge on any atom is 0.317 e. The van der Waals surface area contributed by atoms with E-state index in [0.29, 0.717) is 5.92 Å². The van der Waals surface area contributed by atoms with Crippen molar-refractivity contribution in [3.05, 3.63) is 35.9 Å². The number of hydrogen-bond acceptors (Lipinski definition) is 2. The van der Waals surface area contributed by atoms with Crippen molar-refractivity contribution in [1.29, 1.82) is 0 Å². The molecule has 1 saturated carbocycles. The summed E-state index contributed by atoms with van der Waals surface area (Å²) in [4.78, 5) is 13.3. The van der Waals surface area contributed by atoms with E-state index in [4.69, 9.17) is 4.74 Å². The molecule has 4 heteroatoms. The number of hydrogen-bond donors (Lipinski definition) is 0. The van der Waals surface area contributed by atoms with Gasteiger partial charge in [-0.25, -0.2) is 0 Å². The fourth-order valence-corrected chi connectivity index (χ4v) is 5.26. The first-order valence-electron chi connectivity index (χ1n) is 9.72. The van der Waals surface area contributed by atoms with Crippen molar-refractivity contribution < 1.29 is 38.0 Å². The summed E-state index contributed by atoms with van der Waals surface area (Å²) in [6.07, 6.45) is 7.95. The zero-order chi connectivity index (χ0) is 16.6. The van der Waals surface area contributed by atoms with Gasteiger partial charge in [0.15, 0.2) is 6.10 Å². The van der Waals surface area contributed by atoms with Crippen molar-refractivity contribution >= 4 is 5.97 Å². The molecule has 0 spiro atoms. The van der Waals surface area contributed by atoms with Gasteiger partial charge in [0, 0.05) is 18.8 Å². The second kappa shape index (κ2) is 7.55. The first-order valence-corrected chi connectivity index (χ1v) is 9.72. The number of benzene rings is 1. The van der Waals surface area contributed by atoms with Crippen LogP contribution >= 0.6 is 0 Å². The highest BCUT2D eigenvalue weighted by molar-refractivity contribution is 5.83. The summed E-state index contributed by atoms with van der Waals surface area (Å²) in [6.45, 7) is 3.52. The Morgan fingerprint density at radius 2 is 1.72 bits per heavy atom. The van der Waals surface area contributed by atoms with Crippen LogP contribution in [0.3, 0.4) is 0 Å². The summed E-state index contributed by atoms with van der Waals surface area (Å²) >= 11 is 0. The number of nitrogens with zero attached hydrogens (tertiary/aromatic N) is 1. The molecule has 0 radical (unpaired) electrons. The number of piperidine rings is 3. The minimum Gasteiger partial charge on any atom is -1.00 e. The zero-order valence-electron chi connectivity index (χ0n) is 15.3. The van der Waals surface area contributed by atoms with E-state index in [9.17, 15) is 4.79 Å². The Hall–Kier alpha value is -0.620. The lowest BCUT2D eigenvalue weighted by Gasteiger charge is -2.50. The third-order valence-corrected chi connectivity index (χ3v) is 6.91. The Morgan fingerprint density at radius 1 is 1.08 bits per heavy atom. The van der Waals surface area contributed by atoms with Crippen LogP contribution in [-0.4, -0.2) is 43.2 Å². The molecule has 3 nitrogen and oxygen atoms in total. The molecule has 138 valence electrons. The van der Waals surface area contributed by atoms with Crippen LogP contribution in [0, 0.1) is 5.92 Å². The third kappa shape index (κ3) is 3.61. The Balaban J connectivity index is 0.00000182. The quantitative estimate of drug-likeness (QED) is 0.381. The molecule has 0 unspecified atom stereocenters. The van der Waals surface area contributed by atoms with Gasteiger partial charge in [0.1, 0.15) is 6.54 Å². The predicted molar refractivity (Wildman–Crippen MR) is 94.6 cm³/mol. The summed E-state index contributed by atoms with van der Waals surface area (Å²) in [5.41, 5.74) is 0.765. The lowest BCUT2D eigenvalue weighted by molar-refractivity contribution is -0.928. The SMILES string of the molecule is C[N+]12CCC(CC1)[C@@H](OC(=O)C1(c3ccccc3)CCCCC1)C2.[I-]. The van der Waals surface area contributed by atoms with E-state index in [0.717, 1.165) is 42.3 Å². The molecule has 1 aromatic carbocycles. The molecule has 0 N–H and O–H groups in total. The van der Waals surface area contributed by atoms with Crippen LogP contribution in [0.4, 0.5) is 0 Å². The summed E-state index contributed by atoms with van der Waals surface area (Å²) in [5, 5.41) is 0. The van der Waals surface area contributed by atoms with Crippen LogP contribution in [0.5, 0.6) is 0 Å². The molecular weight excluding hydrogens is 425 g/mol. The molecule has 3 saturated heterocycles. The van der Waals surface area contributed by atoms with Gasteiger partial charge in [-0.1, -0.05) is 49.6 Å². The van der Waals surface area contributed by atoms with Gasteiger partial charge < -0.3 is 33.2 Å². The van der Waals surface area contributed by atoms with Crippen LogP contribution in [0.25, 0.3) is 0 Å². The Kier molecular flexibility index (Phi) is 5.78. The van der Waals surface area contributed by atoms with E-state index in [-0.39, 0.29) is 36.0 Å². The van der Waals surface area contributed by atoms with Crippen molar-refractivity contribution in [1.82, 2.24) is 0 Å². The van der Waals surface area contributed by atoms with Gasteiger partial charge in [0.2, 0.25) is 0 Å². The molecule has 0 aromatic heterocycles. The van der Waals surface area contributed by atoms with Gasteiger partial charge in [0.25, 0.3) is 0 Å². The van der Waals surface area contributed by atoms with E-state index in [1.54, 1.807) is 0 Å². The smallest absolute Gasteiger partial charge is 0.317 e. The normalized spacial score (nSPS) is 33.3. The lowest BCUT2D eigenvalue weighted by Crippen LogP contribution is -3.00. The predicted octanol–water partition coefficient (Wildman–Crippen LogP) is 0.675. The third-order valence-electron chi connectivity index (χ3n) is 6.91. The summed E-state index contributed by atoms with van der Waals surface area (Å²) in [5.74, 6) is 0.643. The maximum atomic E-state index is 13.3. The molecule has 0 amide bonds. The summed E-state index contributed by atoms with van der Waals surface area (Å²) in [6, 6.07) is 10.4. The van der Waals surface area contributed by atoms with E-state index < -0.39 is 5.41 Å². The number of rotatable bonds is 3. The van der Waals surface area contributed by atoms with E-state index in [1.165, 1.54) is 32.4 Å². The van der Waals surface area contributed by atoms with Gasteiger partial charge in [-0.3, -0.25) is 4.79 Å². The molecule has 3 heterocycles. The number of halogens is 1. The van der Waals surface area contributed by atoms with E-state index >= 15 is 0 Å². The van der Waals surface area contributed by atoms with Gasteiger partial charge >= 0.3 is 5.97 Å². The molecule has 25 heavy (non-hydrogen) atoms. The van der Waals surface area contributed by atoms with Gasteiger partial charge in [0.05, 0.1) is 25.6 Å². The summed E-state index contributed by atoms with van der Waals surface area (Å²) in [7, 11) is 2.32. The van der Waals surface area contributed by atoms with Crippen LogP contribution in [0.1, 0.15) is 50.5 Å². The average molecular weight is 455 g/mol. The average Bonchev–Trinajstić information content (AvgIpc) is 2.63. The standard InChI is InChI=1S/C21H30NO2.HI/c1-22-14-10-17(11-15-22)19(16-22)24-20(23)21(12-6-3-7-13-21)18-8-4-2-5-9-18;/h2,4-5,8-9,17,19H,3,6-7,10-16H2,1H3;1H/q+1;/p-1/t17?,19-,22?;/m0./s1. The highest BCUT2D eigenvalue weighted by Crippen LogP contribution is 2.42. The molecule has 5 rings (SSSR count). The molecule has 3 aliphatic heterocycles. The number of esters is 1. The number of ether oxygens (including phenoxy) is 1. The largest absolute Gasteiger partial charge is 1.00 e. The minimum atomic E-state index is -0.399. The highest BCUT2D eigenvalue weighted by Gasteiger charge is 2.49. The van der Waals surface area contributed by atoms with Crippen molar-refractivity contribution in [3.8, 4) is 0 Å². The van der Waals surface area contributed by atoms with Crippen molar-refractivity contribution in [3.63, 3.8) is 0 Å². The molecule has 1 aliphatic carbocycles. The first-order chi connectivity index (χ1) is 11.6. The Bertz CT molecular complexity index is 589. The molecule has 2 bridgehead atoms. The van der Waals surface area contributed by atoms with Gasteiger partial charge in [-0.05, 0) is 18.4 Å². The topological polar surface area (TPSA) is 26.3 Å². The molecular formula is C21H30INO2. The molecule has 1 atom stereocenters. The monoisotopic (exact) mass is 455 g/mol. The summed E-state index contributed by atoms with van der Waals surface area (Å²) < 4.78 is 7.32. The number of quaternary nitrogens is 1. The zero-order valence-corrected chi connectivity index (χ0v) is 17.4. The molecule has 4 fully saturated rings. The van der Waals surface area contributed by atoms with Gasteiger partial charge in [-0.2, -0.15) is 0 Å². The van der Waals surface area contributed by atoms with Crippen LogP contribution in [0.2, 0.25) is 0 Å². The lowest BCUT2D eigenvalue weighted by atomic mass is 9.69. The Morgan fingerprint density at radius 3 is 2.32 bits per heavy atom. The maximum absolute atomic E-state index is 13.3. The fourth-order valence-electron chi connectivity index (χ4n) is 5.26. The van der Waals surface area contributed by atoms with Crippen molar-refractivity contribution in [2.24, 2.45) is 5.92 Å². The molecule has 4 aliphatic rings. The van der Waals surface area contributed by atoms with Crippen LogP contribution in [-0.2, 0) is 14.9 Å². The fraction of sp³-hybridized carbons (Fsp3) is 0.667. The number of likely N-dealkylation sites (N-methyl/N-ethyl adjacent to an activating group) is 1. The molecule has 1 aromatic rings. The number of fused-ring (bicyclic) bond motifs is 3. The van der Waals surface area contributed by atoms with Crippen LogP contribution in [0.15, 0.2) is 30.3 Å². The van der Waals surface area contributed by atoms with Crippen molar-refractivity contribution in [2.75, 3.05) is 26.7 Å². The van der Waals surface area contributed by atoms with Crippen molar-refractivity contribution in [2.45, 2.75) is 56.5 Å². The second-order valence-electron chi connectivity index (χ2n) is 8.54. The van der Waals surface area contributed by atoms with Gasteiger partial charge in [-0.15, -0.1) is 0 Å².